The topological polar surface area (TPSA) is 187 Å². The van der Waals surface area contributed by atoms with Gasteiger partial charge in [-0.05, 0) is 41.5 Å². The number of aromatic nitrogens is 2. The van der Waals surface area contributed by atoms with Gasteiger partial charge in [0.2, 0.25) is 0 Å². The molecule has 0 radical (unpaired) electrons. The fourth-order valence-electron chi connectivity index (χ4n) is 3.58. The van der Waals surface area contributed by atoms with E-state index < -0.39 is 92.3 Å². The van der Waals surface area contributed by atoms with Crippen LogP contribution in [0.3, 0.4) is 0 Å². The van der Waals surface area contributed by atoms with Gasteiger partial charge in [-0.3, -0.25) is 28.5 Å². The van der Waals surface area contributed by atoms with E-state index in [1.165, 1.54) is 13.8 Å². The Kier molecular flexibility index (Phi) is 11.3. The molecule has 0 spiro atoms. The predicted octanol–water partition coefficient (Wildman–Crippen LogP) is 0.752. The maximum Gasteiger partial charge on any atom is 0.342 e. The van der Waals surface area contributed by atoms with Gasteiger partial charge < -0.3 is 23.8 Å². The van der Waals surface area contributed by atoms with Crippen LogP contribution in [0.4, 0.5) is 13.2 Å². The van der Waals surface area contributed by atoms with E-state index in [4.69, 9.17) is 18.7 Å². The minimum absolute atomic E-state index is 0.493. The molecule has 0 aliphatic carbocycles. The second-order valence-corrected chi connectivity index (χ2v) is 11.5. The number of esters is 2. The van der Waals surface area contributed by atoms with Crippen LogP contribution < -0.4 is 21.4 Å². The van der Waals surface area contributed by atoms with Crippen LogP contribution in [-0.2, 0) is 32.9 Å². The van der Waals surface area contributed by atoms with Crippen LogP contribution in [0.1, 0.15) is 47.8 Å². The molecule has 6 unspecified atom stereocenters. The van der Waals surface area contributed by atoms with Crippen LogP contribution in [0.5, 0.6) is 0 Å². The molecule has 18 heteroatoms. The van der Waals surface area contributed by atoms with E-state index in [9.17, 15) is 37.6 Å². The van der Waals surface area contributed by atoms with Gasteiger partial charge in [-0.2, -0.15) is 0 Å². The number of aliphatic hydroxyl groups excluding tert-OH is 1. The maximum absolute atomic E-state index is 15.3. The molecule has 40 heavy (non-hydrogen) atoms. The number of alkyl halides is 3. The van der Waals surface area contributed by atoms with Gasteiger partial charge >= 0.3 is 25.3 Å². The van der Waals surface area contributed by atoms with E-state index >= 15 is 4.39 Å². The van der Waals surface area contributed by atoms with Crippen LogP contribution in [0.15, 0.2) is 21.9 Å². The van der Waals surface area contributed by atoms with Crippen LogP contribution in [-0.4, -0.2) is 81.8 Å². The number of ether oxygens (including phenoxy) is 3. The Morgan fingerprint density at radius 1 is 1.10 bits per heavy atom. The van der Waals surface area contributed by atoms with Gasteiger partial charge in [0, 0.05) is 12.3 Å². The molecule has 2 rings (SSSR count). The lowest BCUT2D eigenvalue weighted by Crippen LogP contribution is -2.52. The van der Waals surface area contributed by atoms with Crippen molar-refractivity contribution in [2.75, 3.05) is 6.61 Å². The molecule has 0 aromatic carbocycles. The number of nitrogens with one attached hydrogen (secondary N) is 3. The largest absolute Gasteiger partial charge is 0.462 e. The smallest absolute Gasteiger partial charge is 0.342 e. The number of hydrogen-bond donors (Lipinski definition) is 4. The lowest BCUT2D eigenvalue weighted by molar-refractivity contribution is -0.183. The number of carbonyl (C=O) groups is 2. The number of carbonyl (C=O) groups excluding carboxylic acids is 2. The van der Waals surface area contributed by atoms with Crippen molar-refractivity contribution >= 4 is 19.6 Å². The first-order chi connectivity index (χ1) is 18.4. The first-order valence-corrected chi connectivity index (χ1v) is 13.9. The summed E-state index contributed by atoms with van der Waals surface area (Å²) in [7, 11) is -4.69. The lowest BCUT2D eigenvalue weighted by Gasteiger charge is -2.33. The molecular formula is C22H34F3N4O10P. The average Bonchev–Trinajstić information content (AvgIpc) is 3.08. The third kappa shape index (κ3) is 8.01. The second-order valence-electron chi connectivity index (χ2n) is 9.67. The number of hydrogen-bond acceptors (Lipinski definition) is 10. The highest BCUT2D eigenvalue weighted by Crippen LogP contribution is 2.47. The van der Waals surface area contributed by atoms with Gasteiger partial charge in [-0.1, -0.05) is 0 Å². The fourth-order valence-corrected chi connectivity index (χ4v) is 5.42. The van der Waals surface area contributed by atoms with Gasteiger partial charge in [0.15, 0.2) is 18.0 Å². The van der Waals surface area contributed by atoms with Crippen LogP contribution in [0.25, 0.3) is 0 Å². The Morgan fingerprint density at radius 3 is 2.02 bits per heavy atom. The highest BCUT2D eigenvalue weighted by molar-refractivity contribution is 7.54. The summed E-state index contributed by atoms with van der Waals surface area (Å²) in [4.78, 5) is 49.9. The Balaban J connectivity index is 2.39. The number of aliphatic hydroxyl groups is 1. The summed E-state index contributed by atoms with van der Waals surface area (Å²) in [6.45, 7) is 7.12. The second kappa shape index (κ2) is 13.4. The van der Waals surface area contributed by atoms with E-state index in [1.54, 1.807) is 27.7 Å². The van der Waals surface area contributed by atoms with E-state index in [0.717, 1.165) is 12.3 Å². The van der Waals surface area contributed by atoms with Gasteiger partial charge in [-0.25, -0.2) is 28.1 Å². The first kappa shape index (κ1) is 33.6. The first-order valence-electron chi connectivity index (χ1n) is 12.2. The average molecular weight is 603 g/mol. The molecule has 6 atom stereocenters. The molecule has 1 saturated heterocycles. The predicted molar refractivity (Wildman–Crippen MR) is 132 cm³/mol. The van der Waals surface area contributed by atoms with E-state index in [2.05, 4.69) is 10.2 Å². The van der Waals surface area contributed by atoms with E-state index in [1.807, 2.05) is 4.98 Å². The Labute approximate surface area is 227 Å². The minimum atomic E-state index is -4.69. The van der Waals surface area contributed by atoms with Crippen molar-refractivity contribution in [1.29, 1.82) is 0 Å². The van der Waals surface area contributed by atoms with Crippen molar-refractivity contribution in [2.45, 2.75) is 96.4 Å². The quantitative estimate of drug-likeness (QED) is 0.184. The molecule has 0 saturated carbocycles. The molecular weight excluding hydrogens is 568 g/mol. The number of halogens is 3. The molecule has 1 aromatic rings. The molecule has 14 nitrogen and oxygen atoms in total. The lowest BCUT2D eigenvalue weighted by atomic mass is 9.98. The van der Waals surface area contributed by atoms with Gasteiger partial charge in [-0.15, -0.1) is 0 Å². The monoisotopic (exact) mass is 602 g/mol. The van der Waals surface area contributed by atoms with Gasteiger partial charge in [0.05, 0.1) is 18.8 Å². The Hall–Kier alpha value is -2.56. The Morgan fingerprint density at radius 2 is 1.60 bits per heavy atom. The number of rotatable bonds is 13. The zero-order valence-electron chi connectivity index (χ0n) is 22.6. The van der Waals surface area contributed by atoms with Crippen molar-refractivity contribution in [2.24, 2.45) is 0 Å². The highest BCUT2D eigenvalue weighted by Gasteiger charge is 2.62. The van der Waals surface area contributed by atoms with Gasteiger partial charge in [0.25, 0.3) is 12.0 Å². The van der Waals surface area contributed by atoms with Crippen molar-refractivity contribution in [3.05, 3.63) is 33.1 Å². The summed E-state index contributed by atoms with van der Waals surface area (Å²) in [5, 5.41) is 14.9. The van der Waals surface area contributed by atoms with E-state index in [0.29, 0.717) is 4.57 Å². The van der Waals surface area contributed by atoms with Crippen LogP contribution in [0, 0.1) is 0 Å². The number of nitrogens with zero attached hydrogens (tertiary/aromatic N) is 1. The SMILES string of the molecule is CC(C)OC(=O)C(C)NP(=O)(NC(C)C(=O)OC(C)C)OCC1(C(F)F)OC(n2ccc(=O)[nH]c2=O)C(O)C1F. The summed E-state index contributed by atoms with van der Waals surface area (Å²) >= 11 is 0. The third-order valence-electron chi connectivity index (χ3n) is 5.50. The molecule has 1 fully saturated rings. The van der Waals surface area contributed by atoms with Gasteiger partial charge in [0.1, 0.15) is 18.2 Å². The fraction of sp³-hybridized carbons (Fsp3) is 0.727. The molecule has 0 amide bonds. The standard InChI is InChI=1S/C22H34F3N4O10P/c1-10(2)37-18(32)12(5)27-40(35,28-13(6)19(33)38-11(3)4)36-9-22(20(24)25)16(23)15(31)17(39-22)29-8-7-14(30)26-21(29)34/h7-8,10-13,15-17,20,31H,9H2,1-6H3,(H,26,30,34)(H2,27,28,35). The molecule has 1 aliphatic heterocycles. The molecule has 1 aliphatic rings. The summed E-state index contributed by atoms with van der Waals surface area (Å²) in [5.74, 6) is -1.81. The van der Waals surface area contributed by atoms with E-state index in [-0.39, 0.29) is 0 Å². The maximum atomic E-state index is 15.3. The van der Waals surface area contributed by atoms with Crippen molar-refractivity contribution in [3.63, 3.8) is 0 Å². The van der Waals surface area contributed by atoms with Crippen molar-refractivity contribution in [1.82, 2.24) is 19.7 Å². The molecule has 228 valence electrons. The third-order valence-corrected chi connectivity index (χ3v) is 7.45. The van der Waals surface area contributed by atoms with Crippen molar-refractivity contribution < 1.29 is 51.2 Å². The minimum Gasteiger partial charge on any atom is -0.462 e. The van der Waals surface area contributed by atoms with Crippen LogP contribution >= 0.6 is 7.67 Å². The molecule has 1 aromatic heterocycles. The number of aromatic amines is 1. The normalized spacial score (nSPS) is 26.1. The summed E-state index contributed by atoms with van der Waals surface area (Å²) in [6, 6.07) is -1.93. The number of H-pyrrole nitrogens is 1. The summed E-state index contributed by atoms with van der Waals surface area (Å²) < 4.78 is 78.5. The Bertz CT molecular complexity index is 1180. The molecule has 4 N–H and O–H groups in total. The van der Waals surface area contributed by atoms with Crippen molar-refractivity contribution in [3.8, 4) is 0 Å². The summed E-state index contributed by atoms with van der Waals surface area (Å²) in [5.41, 5.74) is -5.30. The molecule has 0 bridgehead atoms. The zero-order valence-corrected chi connectivity index (χ0v) is 23.5. The van der Waals surface area contributed by atoms with Crippen LogP contribution in [0.2, 0.25) is 0 Å². The highest BCUT2D eigenvalue weighted by atomic mass is 31.2. The molecule has 2 heterocycles. The summed E-state index contributed by atoms with van der Waals surface area (Å²) in [6.07, 6.45) is -11.3. The zero-order chi connectivity index (χ0) is 30.6.